The zero-order valence-electron chi connectivity index (χ0n) is 16.7. The number of hydrogen-bond donors (Lipinski definition) is 1. The number of rotatable bonds is 6. The Bertz CT molecular complexity index is 964. The summed E-state index contributed by atoms with van der Waals surface area (Å²) in [4.78, 5) is 33.2. The number of nitrogens with one attached hydrogen (secondary N) is 1. The largest absolute Gasteiger partial charge is 0.349 e. The summed E-state index contributed by atoms with van der Waals surface area (Å²) in [6, 6.07) is 4.85. The normalized spacial score (nSPS) is 12.4. The van der Waals surface area contributed by atoms with E-state index in [1.165, 1.54) is 11.3 Å². The van der Waals surface area contributed by atoms with Gasteiger partial charge in [-0.2, -0.15) is 0 Å². The zero-order chi connectivity index (χ0) is 21.0. The Morgan fingerprint density at radius 1 is 1.28 bits per heavy atom. The zero-order valence-corrected chi connectivity index (χ0v) is 18.4. The van der Waals surface area contributed by atoms with Gasteiger partial charge in [-0.15, -0.1) is 16.4 Å². The summed E-state index contributed by atoms with van der Waals surface area (Å²) in [5.41, 5.74) is 1.57. The van der Waals surface area contributed by atoms with Crippen molar-refractivity contribution in [3.05, 3.63) is 63.1 Å². The van der Waals surface area contributed by atoms with Gasteiger partial charge in [0.25, 0.3) is 5.91 Å². The summed E-state index contributed by atoms with van der Waals surface area (Å²) in [5, 5.41) is 10.5. The lowest BCUT2D eigenvalue weighted by Crippen LogP contribution is -2.49. The van der Waals surface area contributed by atoms with Gasteiger partial charge in [0.15, 0.2) is 5.69 Å². The van der Waals surface area contributed by atoms with Crippen molar-refractivity contribution < 1.29 is 9.59 Å². The monoisotopic (exact) mass is 429 g/mol. The molecule has 0 radical (unpaired) electrons. The fourth-order valence-electron chi connectivity index (χ4n) is 2.88. The summed E-state index contributed by atoms with van der Waals surface area (Å²) in [7, 11) is 0. The van der Waals surface area contributed by atoms with Crippen LogP contribution in [-0.2, 0) is 11.3 Å². The number of aryl methyl sites for hydroxylation is 1. The lowest BCUT2D eigenvalue weighted by atomic mass is 10.0. The molecule has 0 saturated heterocycles. The molecule has 0 aliphatic heterocycles. The number of thiophene rings is 1. The van der Waals surface area contributed by atoms with E-state index in [2.05, 4.69) is 19.9 Å². The number of aromatic nitrogens is 3. The van der Waals surface area contributed by atoms with Crippen LogP contribution in [0.15, 0.2) is 41.4 Å². The predicted molar refractivity (Wildman–Crippen MR) is 114 cm³/mol. The van der Waals surface area contributed by atoms with Crippen LogP contribution >= 0.6 is 22.9 Å². The molecule has 0 aromatic carbocycles. The highest BCUT2D eigenvalue weighted by atomic mass is 32.1. The molecule has 3 heterocycles. The second kappa shape index (κ2) is 8.79. The average Bonchev–Trinajstić information content (AvgIpc) is 3.32. The van der Waals surface area contributed by atoms with Gasteiger partial charge >= 0.3 is 0 Å². The molecule has 0 saturated carbocycles. The molecule has 0 bridgehead atoms. The van der Waals surface area contributed by atoms with Gasteiger partial charge < -0.3 is 10.2 Å². The molecule has 1 N–H and O–H groups in total. The van der Waals surface area contributed by atoms with Gasteiger partial charge in [-0.05, 0) is 67.9 Å². The van der Waals surface area contributed by atoms with Crippen molar-refractivity contribution in [3.63, 3.8) is 0 Å². The highest BCUT2D eigenvalue weighted by molar-refractivity contribution is 7.10. The van der Waals surface area contributed by atoms with Crippen molar-refractivity contribution >= 4 is 34.7 Å². The Morgan fingerprint density at radius 2 is 2.07 bits per heavy atom. The molecule has 152 valence electrons. The fourth-order valence-corrected chi connectivity index (χ4v) is 4.34. The minimum atomic E-state index is -0.788. The molecule has 9 heteroatoms. The maximum atomic E-state index is 13.4. The quantitative estimate of drug-likeness (QED) is 0.647. The molecule has 0 spiro atoms. The number of nitrogens with zero attached hydrogens (tertiary/aromatic N) is 4. The summed E-state index contributed by atoms with van der Waals surface area (Å²) >= 11 is 2.57. The highest BCUT2D eigenvalue weighted by Crippen LogP contribution is 2.32. The van der Waals surface area contributed by atoms with E-state index in [9.17, 15) is 9.59 Å². The maximum absolute atomic E-state index is 13.4. The van der Waals surface area contributed by atoms with Crippen molar-refractivity contribution in [1.29, 1.82) is 0 Å². The van der Waals surface area contributed by atoms with Gasteiger partial charge in [0.1, 0.15) is 6.04 Å². The minimum Gasteiger partial charge on any atom is -0.349 e. The van der Waals surface area contributed by atoms with Crippen LogP contribution in [0.2, 0.25) is 0 Å². The topological polar surface area (TPSA) is 88.1 Å². The Morgan fingerprint density at radius 3 is 2.62 bits per heavy atom. The first-order chi connectivity index (χ1) is 13.8. The van der Waals surface area contributed by atoms with Crippen LogP contribution in [0, 0.1) is 6.92 Å². The van der Waals surface area contributed by atoms with Crippen LogP contribution in [0.1, 0.15) is 53.3 Å². The predicted octanol–water partition coefficient (Wildman–Crippen LogP) is 3.60. The number of hydrogen-bond acceptors (Lipinski definition) is 7. The lowest BCUT2D eigenvalue weighted by molar-refractivity contribution is -0.127. The van der Waals surface area contributed by atoms with E-state index in [0.717, 1.165) is 27.5 Å². The minimum absolute atomic E-state index is 0.224. The van der Waals surface area contributed by atoms with Gasteiger partial charge in [-0.3, -0.25) is 14.6 Å². The third kappa shape index (κ3) is 5.24. The molecule has 2 amide bonds. The summed E-state index contributed by atoms with van der Waals surface area (Å²) in [6.45, 7) is 7.92. The molecule has 3 rings (SSSR count). The van der Waals surface area contributed by atoms with Crippen LogP contribution in [0.25, 0.3) is 0 Å². The molecule has 0 unspecified atom stereocenters. The van der Waals surface area contributed by atoms with Crippen LogP contribution in [0.4, 0.5) is 0 Å². The standard InChI is InChI=1S/C20H23N5O2S2/c1-13-7-9-28-17(13)16(18(26)22-20(2,3)4)25(11-14-6-5-8-21-10-14)19(27)15-12-29-24-23-15/h5-10,12,16H,11H2,1-4H3,(H,22,26)/t16-/m1/s1. The summed E-state index contributed by atoms with van der Waals surface area (Å²) < 4.78 is 3.81. The Hall–Kier alpha value is -2.65. The first-order valence-corrected chi connectivity index (χ1v) is 10.8. The van der Waals surface area contributed by atoms with E-state index in [4.69, 9.17) is 0 Å². The van der Waals surface area contributed by atoms with Crippen molar-refractivity contribution in [2.24, 2.45) is 0 Å². The van der Waals surface area contributed by atoms with Gasteiger partial charge in [0.05, 0.1) is 0 Å². The first-order valence-electron chi connectivity index (χ1n) is 9.09. The van der Waals surface area contributed by atoms with Gasteiger partial charge in [-0.25, -0.2) is 0 Å². The fraction of sp³-hybridized carbons (Fsp3) is 0.350. The Kier molecular flexibility index (Phi) is 6.39. The summed E-state index contributed by atoms with van der Waals surface area (Å²) in [6.07, 6.45) is 3.37. The number of carbonyl (C=O) groups excluding carboxylic acids is 2. The van der Waals surface area contributed by atoms with Gasteiger partial charge in [-0.1, -0.05) is 10.6 Å². The van der Waals surface area contributed by atoms with Crippen LogP contribution in [-0.4, -0.2) is 36.8 Å². The number of carbonyl (C=O) groups is 2. The molecule has 0 fully saturated rings. The molecule has 0 aliphatic carbocycles. The second-order valence-electron chi connectivity index (χ2n) is 7.69. The molecular weight excluding hydrogens is 406 g/mol. The van der Waals surface area contributed by atoms with Gasteiger partial charge in [0.2, 0.25) is 5.91 Å². The molecule has 0 aliphatic rings. The van der Waals surface area contributed by atoms with Crippen LogP contribution < -0.4 is 5.32 Å². The van der Waals surface area contributed by atoms with Crippen LogP contribution in [0.3, 0.4) is 0 Å². The van der Waals surface area contributed by atoms with Crippen LogP contribution in [0.5, 0.6) is 0 Å². The number of pyridine rings is 1. The molecular formula is C20H23N5O2S2. The van der Waals surface area contributed by atoms with Crippen molar-refractivity contribution in [1.82, 2.24) is 24.8 Å². The van der Waals surface area contributed by atoms with E-state index < -0.39 is 11.6 Å². The molecule has 1 atom stereocenters. The Balaban J connectivity index is 2.07. The highest BCUT2D eigenvalue weighted by Gasteiger charge is 2.36. The average molecular weight is 430 g/mol. The number of amides is 2. The van der Waals surface area contributed by atoms with Crippen molar-refractivity contribution in [2.45, 2.75) is 45.8 Å². The van der Waals surface area contributed by atoms with E-state index in [1.807, 2.05) is 51.3 Å². The smallest absolute Gasteiger partial charge is 0.276 e. The van der Waals surface area contributed by atoms with Gasteiger partial charge in [0, 0.05) is 34.7 Å². The Labute approximate surface area is 178 Å². The molecule has 29 heavy (non-hydrogen) atoms. The molecule has 7 nitrogen and oxygen atoms in total. The lowest BCUT2D eigenvalue weighted by Gasteiger charge is -2.33. The van der Waals surface area contributed by atoms with E-state index in [1.54, 1.807) is 22.7 Å². The second-order valence-corrected chi connectivity index (χ2v) is 9.25. The van der Waals surface area contributed by atoms with Crippen molar-refractivity contribution in [2.75, 3.05) is 0 Å². The summed E-state index contributed by atoms with van der Waals surface area (Å²) in [5.74, 6) is -0.576. The third-order valence-corrected chi connectivity index (χ3v) is 5.70. The van der Waals surface area contributed by atoms with E-state index >= 15 is 0 Å². The maximum Gasteiger partial charge on any atom is 0.276 e. The SMILES string of the molecule is Cc1ccsc1[C@H](C(=O)NC(C)(C)C)N(Cc1cccnc1)C(=O)c1csnn1. The van der Waals surface area contributed by atoms with E-state index in [-0.39, 0.29) is 24.1 Å². The molecule has 3 aromatic heterocycles. The van der Waals surface area contributed by atoms with E-state index in [0.29, 0.717) is 0 Å². The molecule has 3 aromatic rings. The third-order valence-electron chi connectivity index (χ3n) is 4.12. The van der Waals surface area contributed by atoms with Crippen molar-refractivity contribution in [3.8, 4) is 0 Å². The first kappa shape index (κ1) is 21.1.